The average Bonchev–Trinajstić information content (AvgIpc) is 2.92. The fourth-order valence-electron chi connectivity index (χ4n) is 4.40. The first kappa shape index (κ1) is 28.7. The van der Waals surface area contributed by atoms with Gasteiger partial charge in [0.05, 0.1) is 24.5 Å². The number of hydrogen-bond acceptors (Lipinski definition) is 5. The number of hydrogen-bond donors (Lipinski definition) is 2. The van der Waals surface area contributed by atoms with E-state index >= 15 is 0 Å². The molecule has 1 aliphatic rings. The summed E-state index contributed by atoms with van der Waals surface area (Å²) in [7, 11) is -2.26. The Kier molecular flexibility index (Phi) is 9.01. The highest BCUT2D eigenvalue weighted by Gasteiger charge is 2.31. The molecule has 0 aromatic heterocycles. The number of benzene rings is 3. The Hall–Kier alpha value is -3.31. The first-order valence-electron chi connectivity index (χ1n) is 12.1. The lowest BCUT2D eigenvalue weighted by Crippen LogP contribution is -2.53. The quantitative estimate of drug-likeness (QED) is 0.385. The summed E-state index contributed by atoms with van der Waals surface area (Å²) in [6.45, 7) is 0.395. The molecule has 1 heterocycles. The number of carbonyl (C=O) groups is 2. The van der Waals surface area contributed by atoms with Gasteiger partial charge in [0, 0.05) is 41.8 Å². The lowest BCUT2D eigenvalue weighted by Gasteiger charge is -2.35. The molecule has 1 aliphatic heterocycles. The van der Waals surface area contributed by atoms with Crippen LogP contribution in [-0.4, -0.2) is 68.0 Å². The molecule has 9 nitrogen and oxygen atoms in total. The van der Waals surface area contributed by atoms with Crippen LogP contribution in [0.15, 0.2) is 71.6 Å². The van der Waals surface area contributed by atoms with Gasteiger partial charge in [0.25, 0.3) is 0 Å². The molecule has 0 bridgehead atoms. The molecule has 3 aromatic carbocycles. The number of para-hydroxylation sites is 1. The van der Waals surface area contributed by atoms with E-state index in [1.165, 1.54) is 27.4 Å². The fraction of sp³-hybridized carbons (Fsp3) is 0.259. The lowest BCUT2D eigenvalue weighted by molar-refractivity contribution is -0.137. The second-order valence-corrected chi connectivity index (χ2v) is 11.7. The standard InChI is InChI=1S/C27H27Cl2N3O6S/c1-38-25-5-3-2-4-23(25)18-6-8-19(9-7-18)24(17-26(33)34)30-27(35)31-10-12-32(13-11-31)39(36,37)22-15-20(28)14-21(29)16-22/h2-9,14-16,24H,10-13,17H2,1H3,(H,30,35)(H,33,34)/t24-/m1/s1. The zero-order valence-electron chi connectivity index (χ0n) is 21.0. The molecule has 0 unspecified atom stereocenters. The number of amides is 2. The van der Waals surface area contributed by atoms with E-state index in [0.29, 0.717) is 11.3 Å². The van der Waals surface area contributed by atoms with Crippen LogP contribution in [0.3, 0.4) is 0 Å². The molecule has 1 saturated heterocycles. The Morgan fingerprint density at radius 1 is 0.974 bits per heavy atom. The number of urea groups is 1. The van der Waals surface area contributed by atoms with Crippen molar-refractivity contribution < 1.29 is 27.9 Å². The third-order valence-electron chi connectivity index (χ3n) is 6.41. The third-order valence-corrected chi connectivity index (χ3v) is 8.72. The summed E-state index contributed by atoms with van der Waals surface area (Å²) in [5, 5.41) is 12.7. The number of carboxylic acids is 1. The molecule has 0 spiro atoms. The monoisotopic (exact) mass is 591 g/mol. The Balaban J connectivity index is 1.43. The molecule has 0 aliphatic carbocycles. The van der Waals surface area contributed by atoms with Crippen LogP contribution in [0.2, 0.25) is 10.0 Å². The zero-order valence-corrected chi connectivity index (χ0v) is 23.3. The van der Waals surface area contributed by atoms with Crippen LogP contribution in [0.1, 0.15) is 18.0 Å². The van der Waals surface area contributed by atoms with E-state index in [1.54, 1.807) is 19.2 Å². The van der Waals surface area contributed by atoms with E-state index in [2.05, 4.69) is 5.32 Å². The Bertz CT molecular complexity index is 1440. The van der Waals surface area contributed by atoms with Gasteiger partial charge in [-0.15, -0.1) is 0 Å². The molecule has 2 amide bonds. The molecule has 12 heteroatoms. The number of nitrogens with one attached hydrogen (secondary N) is 1. The largest absolute Gasteiger partial charge is 0.496 e. The highest BCUT2D eigenvalue weighted by molar-refractivity contribution is 7.89. The van der Waals surface area contributed by atoms with Crippen LogP contribution in [0.5, 0.6) is 5.75 Å². The van der Waals surface area contributed by atoms with Crippen molar-refractivity contribution in [2.75, 3.05) is 33.3 Å². The first-order chi connectivity index (χ1) is 18.6. The Morgan fingerprint density at radius 2 is 1.59 bits per heavy atom. The van der Waals surface area contributed by atoms with Crippen LogP contribution >= 0.6 is 23.2 Å². The summed E-state index contributed by atoms with van der Waals surface area (Å²) in [5.74, 6) is -0.356. The smallest absolute Gasteiger partial charge is 0.317 e. The minimum Gasteiger partial charge on any atom is -0.496 e. The van der Waals surface area contributed by atoms with Gasteiger partial charge in [-0.25, -0.2) is 13.2 Å². The maximum Gasteiger partial charge on any atom is 0.317 e. The van der Waals surface area contributed by atoms with E-state index < -0.39 is 28.1 Å². The zero-order chi connectivity index (χ0) is 28.2. The molecule has 206 valence electrons. The third kappa shape index (κ3) is 6.83. The maximum atomic E-state index is 13.1. The predicted octanol–water partition coefficient (Wildman–Crippen LogP) is 4.90. The van der Waals surface area contributed by atoms with Gasteiger partial charge in [-0.2, -0.15) is 4.31 Å². The van der Waals surface area contributed by atoms with Crippen LogP contribution in [-0.2, 0) is 14.8 Å². The summed E-state index contributed by atoms with van der Waals surface area (Å²) in [6.07, 6.45) is -0.316. The van der Waals surface area contributed by atoms with Crippen LogP contribution in [0.25, 0.3) is 11.1 Å². The van der Waals surface area contributed by atoms with Crippen molar-refractivity contribution in [3.05, 3.63) is 82.3 Å². The summed E-state index contributed by atoms with van der Waals surface area (Å²) >= 11 is 11.9. The summed E-state index contributed by atoms with van der Waals surface area (Å²) in [6, 6.07) is 17.6. The lowest BCUT2D eigenvalue weighted by atomic mass is 9.98. The van der Waals surface area contributed by atoms with E-state index in [0.717, 1.165) is 11.1 Å². The average molecular weight is 593 g/mol. The van der Waals surface area contributed by atoms with Crippen molar-refractivity contribution in [3.8, 4) is 16.9 Å². The number of aliphatic carboxylic acids is 1. The topological polar surface area (TPSA) is 116 Å². The van der Waals surface area contributed by atoms with Gasteiger partial charge in [0.1, 0.15) is 5.75 Å². The van der Waals surface area contributed by atoms with Crippen molar-refractivity contribution in [3.63, 3.8) is 0 Å². The van der Waals surface area contributed by atoms with Gasteiger partial charge in [0.2, 0.25) is 10.0 Å². The number of nitrogens with zero attached hydrogens (tertiary/aromatic N) is 2. The highest BCUT2D eigenvalue weighted by Crippen LogP contribution is 2.31. The van der Waals surface area contributed by atoms with Crippen molar-refractivity contribution in [1.82, 2.24) is 14.5 Å². The molecule has 3 aromatic rings. The molecule has 0 radical (unpaired) electrons. The summed E-state index contributed by atoms with van der Waals surface area (Å²) in [5.41, 5.74) is 2.40. The number of halogens is 2. The summed E-state index contributed by atoms with van der Waals surface area (Å²) < 4.78 is 32.8. The Morgan fingerprint density at radius 3 is 2.18 bits per heavy atom. The Labute approximate surface area is 236 Å². The van der Waals surface area contributed by atoms with Crippen molar-refractivity contribution >= 4 is 45.2 Å². The van der Waals surface area contributed by atoms with E-state index in [-0.39, 0.29) is 47.5 Å². The van der Waals surface area contributed by atoms with E-state index in [9.17, 15) is 23.1 Å². The second-order valence-electron chi connectivity index (χ2n) is 8.92. The number of carbonyl (C=O) groups excluding carboxylic acids is 1. The number of ether oxygens (including phenoxy) is 1. The first-order valence-corrected chi connectivity index (χ1v) is 14.2. The van der Waals surface area contributed by atoms with Gasteiger partial charge in [-0.1, -0.05) is 65.7 Å². The molecule has 1 fully saturated rings. The molecular weight excluding hydrogens is 565 g/mol. The van der Waals surface area contributed by atoms with Gasteiger partial charge >= 0.3 is 12.0 Å². The minimum absolute atomic E-state index is 0.0176. The van der Waals surface area contributed by atoms with Crippen LogP contribution in [0, 0.1) is 0 Å². The number of carboxylic acid groups (broad SMARTS) is 1. The van der Waals surface area contributed by atoms with Gasteiger partial charge in [-0.3, -0.25) is 4.79 Å². The van der Waals surface area contributed by atoms with Gasteiger partial charge < -0.3 is 20.1 Å². The maximum absolute atomic E-state index is 13.1. The molecule has 2 N–H and O–H groups in total. The molecule has 0 saturated carbocycles. The second kappa shape index (κ2) is 12.3. The fourth-order valence-corrected chi connectivity index (χ4v) is 6.55. The molecular formula is C27H27Cl2N3O6S. The van der Waals surface area contributed by atoms with Crippen LogP contribution in [0.4, 0.5) is 4.79 Å². The number of sulfonamides is 1. The minimum atomic E-state index is -3.85. The number of piperazine rings is 1. The molecule has 39 heavy (non-hydrogen) atoms. The SMILES string of the molecule is COc1ccccc1-c1ccc([C@@H](CC(=O)O)NC(=O)N2CCN(S(=O)(=O)c3cc(Cl)cc(Cl)c3)CC2)cc1. The predicted molar refractivity (Wildman–Crippen MR) is 149 cm³/mol. The van der Waals surface area contributed by atoms with E-state index in [4.69, 9.17) is 27.9 Å². The van der Waals surface area contributed by atoms with Crippen LogP contribution < -0.4 is 10.1 Å². The van der Waals surface area contributed by atoms with Crippen molar-refractivity contribution in [2.24, 2.45) is 0 Å². The van der Waals surface area contributed by atoms with E-state index in [1.807, 2.05) is 36.4 Å². The normalized spacial score (nSPS) is 15.0. The summed E-state index contributed by atoms with van der Waals surface area (Å²) in [4.78, 5) is 26.1. The van der Waals surface area contributed by atoms with Crippen molar-refractivity contribution in [2.45, 2.75) is 17.4 Å². The number of methoxy groups -OCH3 is 1. The number of rotatable bonds is 8. The molecule has 4 rings (SSSR count). The van der Waals surface area contributed by atoms with Crippen molar-refractivity contribution in [1.29, 1.82) is 0 Å². The highest BCUT2D eigenvalue weighted by atomic mass is 35.5. The van der Waals surface area contributed by atoms with Gasteiger partial charge in [-0.05, 0) is 35.4 Å². The molecule has 1 atom stereocenters. The van der Waals surface area contributed by atoms with Gasteiger partial charge in [0.15, 0.2) is 0 Å².